The van der Waals surface area contributed by atoms with Gasteiger partial charge in [0.25, 0.3) is 11.8 Å². The highest BCUT2D eigenvalue weighted by molar-refractivity contribution is 6.00. The molecule has 1 aromatic carbocycles. The van der Waals surface area contributed by atoms with Crippen LogP contribution in [-0.2, 0) is 11.8 Å². The molecular formula is C22H29N5O2. The van der Waals surface area contributed by atoms with Gasteiger partial charge in [0.1, 0.15) is 11.9 Å². The number of hydrogen-bond donors (Lipinski definition) is 2. The van der Waals surface area contributed by atoms with E-state index in [4.69, 9.17) is 0 Å². The molecule has 7 heteroatoms. The van der Waals surface area contributed by atoms with Crippen LogP contribution in [0.25, 0.3) is 0 Å². The van der Waals surface area contributed by atoms with Gasteiger partial charge in [-0.25, -0.2) is 0 Å². The Bertz CT molecular complexity index is 929. The Balaban J connectivity index is 1.42. The molecule has 1 saturated heterocycles. The summed E-state index contributed by atoms with van der Waals surface area (Å²) >= 11 is 0. The molecule has 1 aromatic heterocycles. The van der Waals surface area contributed by atoms with E-state index in [0.29, 0.717) is 18.2 Å². The van der Waals surface area contributed by atoms with E-state index in [0.717, 1.165) is 42.0 Å². The van der Waals surface area contributed by atoms with Crippen LogP contribution in [-0.4, -0.2) is 40.2 Å². The van der Waals surface area contributed by atoms with Gasteiger partial charge in [0.2, 0.25) is 0 Å². The Kier molecular flexibility index (Phi) is 5.30. The van der Waals surface area contributed by atoms with Crippen LogP contribution in [0, 0.1) is 13.8 Å². The molecule has 4 rings (SSSR count). The Morgan fingerprint density at radius 2 is 1.90 bits per heavy atom. The highest BCUT2D eigenvalue weighted by atomic mass is 16.2. The summed E-state index contributed by atoms with van der Waals surface area (Å²) in [5, 5.41) is 10.8. The molecule has 29 heavy (non-hydrogen) atoms. The number of carbonyl (C=O) groups excluding carboxylic acids is 2. The molecule has 2 heterocycles. The first-order chi connectivity index (χ1) is 13.9. The van der Waals surface area contributed by atoms with Gasteiger partial charge in [-0.1, -0.05) is 12.8 Å². The fourth-order valence-electron chi connectivity index (χ4n) is 4.38. The minimum absolute atomic E-state index is 0.0127. The quantitative estimate of drug-likeness (QED) is 0.816. The van der Waals surface area contributed by atoms with Gasteiger partial charge in [0.15, 0.2) is 0 Å². The molecule has 1 aliphatic heterocycles. The van der Waals surface area contributed by atoms with Gasteiger partial charge in [-0.2, -0.15) is 5.10 Å². The second-order valence-corrected chi connectivity index (χ2v) is 8.23. The summed E-state index contributed by atoms with van der Waals surface area (Å²) in [6, 6.07) is 7.60. The van der Waals surface area contributed by atoms with Crippen LogP contribution in [0.2, 0.25) is 0 Å². The van der Waals surface area contributed by atoms with E-state index < -0.39 is 0 Å². The first kappa shape index (κ1) is 19.5. The molecule has 2 N–H and O–H groups in total. The van der Waals surface area contributed by atoms with Crippen molar-refractivity contribution in [3.05, 3.63) is 41.1 Å². The van der Waals surface area contributed by atoms with E-state index in [1.54, 1.807) is 9.58 Å². The highest BCUT2D eigenvalue weighted by Gasteiger charge is 2.34. The number of amides is 2. The third-order valence-electron chi connectivity index (χ3n) is 5.97. The molecule has 2 amide bonds. The SMILES string of the molecule is Cc1cc(N2CCC(Nc3ccc(C(=O)NC4CCCC4)cc3C)C2=O)n(C)n1. The second-order valence-electron chi connectivity index (χ2n) is 8.23. The lowest BCUT2D eigenvalue weighted by Crippen LogP contribution is -2.34. The number of aryl methyl sites for hydroxylation is 3. The van der Waals surface area contributed by atoms with Crippen molar-refractivity contribution >= 4 is 23.3 Å². The highest BCUT2D eigenvalue weighted by Crippen LogP contribution is 2.26. The van der Waals surface area contributed by atoms with Crippen LogP contribution in [0.4, 0.5) is 11.5 Å². The summed E-state index contributed by atoms with van der Waals surface area (Å²) in [5.41, 5.74) is 3.43. The van der Waals surface area contributed by atoms with Crippen molar-refractivity contribution in [3.8, 4) is 0 Å². The molecule has 0 radical (unpaired) electrons. The number of carbonyl (C=O) groups is 2. The summed E-state index contributed by atoms with van der Waals surface area (Å²) in [6.45, 7) is 4.56. The molecule has 1 atom stereocenters. The minimum atomic E-state index is -0.276. The maximum absolute atomic E-state index is 12.9. The van der Waals surface area contributed by atoms with E-state index in [-0.39, 0.29) is 17.9 Å². The summed E-state index contributed by atoms with van der Waals surface area (Å²) in [6.07, 6.45) is 5.25. The maximum atomic E-state index is 12.9. The Morgan fingerprint density at radius 1 is 1.14 bits per heavy atom. The number of nitrogens with zero attached hydrogens (tertiary/aromatic N) is 3. The fourth-order valence-corrected chi connectivity index (χ4v) is 4.38. The first-order valence-corrected chi connectivity index (χ1v) is 10.4. The summed E-state index contributed by atoms with van der Waals surface area (Å²) in [4.78, 5) is 27.2. The lowest BCUT2D eigenvalue weighted by Gasteiger charge is -2.19. The van der Waals surface area contributed by atoms with Crippen LogP contribution >= 0.6 is 0 Å². The largest absolute Gasteiger partial charge is 0.373 e. The van der Waals surface area contributed by atoms with Crippen molar-refractivity contribution in [2.24, 2.45) is 7.05 Å². The topological polar surface area (TPSA) is 79.3 Å². The molecule has 2 aliphatic rings. The maximum Gasteiger partial charge on any atom is 0.251 e. The monoisotopic (exact) mass is 395 g/mol. The van der Waals surface area contributed by atoms with Crippen LogP contribution in [0.3, 0.4) is 0 Å². The van der Waals surface area contributed by atoms with Gasteiger partial charge in [0.05, 0.1) is 5.69 Å². The molecule has 2 aromatic rings. The molecule has 0 spiro atoms. The van der Waals surface area contributed by atoms with Crippen molar-refractivity contribution < 1.29 is 9.59 Å². The fraction of sp³-hybridized carbons (Fsp3) is 0.500. The Hall–Kier alpha value is -2.83. The Labute approximate surface area is 171 Å². The number of rotatable bonds is 5. The van der Waals surface area contributed by atoms with Crippen molar-refractivity contribution in [3.63, 3.8) is 0 Å². The Morgan fingerprint density at radius 3 is 2.55 bits per heavy atom. The number of nitrogens with one attached hydrogen (secondary N) is 2. The van der Waals surface area contributed by atoms with Crippen molar-refractivity contribution in [2.45, 2.75) is 58.0 Å². The van der Waals surface area contributed by atoms with Crippen LogP contribution in [0.5, 0.6) is 0 Å². The predicted molar refractivity (Wildman–Crippen MR) is 113 cm³/mol. The van der Waals surface area contributed by atoms with E-state index in [9.17, 15) is 9.59 Å². The van der Waals surface area contributed by atoms with E-state index in [1.165, 1.54) is 12.8 Å². The molecule has 7 nitrogen and oxygen atoms in total. The predicted octanol–water partition coefficient (Wildman–Crippen LogP) is 2.93. The average molecular weight is 396 g/mol. The zero-order chi connectivity index (χ0) is 20.5. The van der Waals surface area contributed by atoms with Crippen LogP contribution in [0.15, 0.2) is 24.3 Å². The third kappa shape index (κ3) is 3.99. The number of aromatic nitrogens is 2. The zero-order valence-corrected chi connectivity index (χ0v) is 17.4. The molecule has 0 bridgehead atoms. The summed E-state index contributed by atoms with van der Waals surface area (Å²) in [7, 11) is 1.86. The summed E-state index contributed by atoms with van der Waals surface area (Å²) < 4.78 is 1.75. The third-order valence-corrected chi connectivity index (χ3v) is 5.97. The van der Waals surface area contributed by atoms with Crippen molar-refractivity contribution in [1.82, 2.24) is 15.1 Å². The summed E-state index contributed by atoms with van der Waals surface area (Å²) in [5.74, 6) is 0.865. The number of hydrogen-bond acceptors (Lipinski definition) is 4. The van der Waals surface area contributed by atoms with Crippen LogP contribution < -0.4 is 15.5 Å². The normalized spacial score (nSPS) is 19.8. The molecule has 1 saturated carbocycles. The van der Waals surface area contributed by atoms with E-state index in [2.05, 4.69) is 15.7 Å². The molecule has 2 fully saturated rings. The number of benzene rings is 1. The minimum Gasteiger partial charge on any atom is -0.373 e. The van der Waals surface area contributed by atoms with Gasteiger partial charge in [-0.05, 0) is 56.9 Å². The molecule has 154 valence electrons. The van der Waals surface area contributed by atoms with Crippen molar-refractivity contribution in [1.29, 1.82) is 0 Å². The first-order valence-electron chi connectivity index (χ1n) is 10.4. The molecule has 1 unspecified atom stereocenters. The van der Waals surface area contributed by atoms with E-state index >= 15 is 0 Å². The van der Waals surface area contributed by atoms with Gasteiger partial charge in [-0.15, -0.1) is 0 Å². The lowest BCUT2D eigenvalue weighted by molar-refractivity contribution is -0.117. The standard InChI is InChI=1S/C22H29N5O2/c1-14-12-16(21(28)23-17-6-4-5-7-17)8-9-18(14)24-19-10-11-27(22(19)29)20-13-15(2)25-26(20)3/h8-9,12-13,17,19,24H,4-7,10-11H2,1-3H3,(H,23,28). The van der Waals surface area contributed by atoms with E-state index in [1.807, 2.05) is 45.2 Å². The number of anilines is 2. The van der Waals surface area contributed by atoms with Gasteiger partial charge >= 0.3 is 0 Å². The van der Waals surface area contributed by atoms with Crippen molar-refractivity contribution in [2.75, 3.05) is 16.8 Å². The van der Waals surface area contributed by atoms with Gasteiger partial charge < -0.3 is 10.6 Å². The van der Waals surface area contributed by atoms with Gasteiger partial charge in [0, 0.05) is 37.0 Å². The lowest BCUT2D eigenvalue weighted by atomic mass is 10.1. The molecule has 1 aliphatic carbocycles. The molecular weight excluding hydrogens is 366 g/mol. The zero-order valence-electron chi connectivity index (χ0n) is 17.4. The smallest absolute Gasteiger partial charge is 0.251 e. The average Bonchev–Trinajstić information content (AvgIpc) is 3.39. The van der Waals surface area contributed by atoms with Gasteiger partial charge in [-0.3, -0.25) is 19.2 Å². The second kappa shape index (κ2) is 7.89. The van der Waals surface area contributed by atoms with Crippen LogP contribution in [0.1, 0.15) is 53.7 Å².